The second kappa shape index (κ2) is 8.10. The van der Waals surface area contributed by atoms with Crippen molar-refractivity contribution in [2.75, 3.05) is 0 Å². The van der Waals surface area contributed by atoms with Crippen molar-refractivity contribution in [2.45, 2.75) is 33.2 Å². The van der Waals surface area contributed by atoms with Gasteiger partial charge in [0, 0.05) is 17.8 Å². The molecule has 1 aromatic rings. The molecule has 1 N–H and O–H groups in total. The van der Waals surface area contributed by atoms with Gasteiger partial charge in [-0.05, 0) is 32.4 Å². The van der Waals surface area contributed by atoms with E-state index >= 15 is 0 Å². The lowest BCUT2D eigenvalue weighted by atomic mass is 10.1. The first-order valence-corrected chi connectivity index (χ1v) is 6.71. The number of carbonyl (C=O) groups is 2. The summed E-state index contributed by atoms with van der Waals surface area (Å²) in [4.78, 5) is 23.4. The minimum absolute atomic E-state index is 0.0968. The highest BCUT2D eigenvalue weighted by Gasteiger charge is 2.05. The molecule has 0 radical (unpaired) electrons. The van der Waals surface area contributed by atoms with Gasteiger partial charge in [-0.3, -0.25) is 9.59 Å². The van der Waals surface area contributed by atoms with Gasteiger partial charge in [0.2, 0.25) is 0 Å². The first kappa shape index (κ1) is 15.9. The second-order valence-corrected chi connectivity index (χ2v) is 4.98. The number of nitrogens with one attached hydrogen (secondary N) is 1. The summed E-state index contributed by atoms with van der Waals surface area (Å²) in [5, 5.41) is 3.12. The third-order valence-corrected chi connectivity index (χ3v) is 2.50. The van der Waals surface area contributed by atoms with Gasteiger partial charge in [-0.15, -0.1) is 0 Å². The summed E-state index contributed by atoms with van der Waals surface area (Å²) >= 11 is 0. The summed E-state index contributed by atoms with van der Waals surface area (Å²) in [5.74, 6) is -0.370. The van der Waals surface area contributed by atoms with Crippen LogP contribution in [0.5, 0.6) is 0 Å². The van der Waals surface area contributed by atoms with E-state index in [-0.39, 0.29) is 24.0 Å². The second-order valence-electron chi connectivity index (χ2n) is 4.98. The maximum atomic E-state index is 11.7. The predicted octanol–water partition coefficient (Wildman–Crippen LogP) is 3.13. The predicted molar refractivity (Wildman–Crippen MR) is 82.1 cm³/mol. The van der Waals surface area contributed by atoms with E-state index in [1.807, 2.05) is 51.1 Å². The lowest BCUT2D eigenvalue weighted by molar-refractivity contribution is -0.121. The quantitative estimate of drug-likeness (QED) is 0.612. The summed E-state index contributed by atoms with van der Waals surface area (Å²) in [6.07, 6.45) is 4.56. The van der Waals surface area contributed by atoms with Crippen LogP contribution >= 0.6 is 0 Å². The van der Waals surface area contributed by atoms with Gasteiger partial charge in [-0.25, -0.2) is 0 Å². The van der Waals surface area contributed by atoms with Gasteiger partial charge < -0.3 is 5.32 Å². The fourth-order valence-corrected chi connectivity index (χ4v) is 1.77. The summed E-state index contributed by atoms with van der Waals surface area (Å²) in [6.45, 7) is 5.81. The third kappa shape index (κ3) is 6.69. The van der Waals surface area contributed by atoms with E-state index in [1.54, 1.807) is 6.08 Å². The van der Waals surface area contributed by atoms with Crippen LogP contribution in [0.3, 0.4) is 0 Å². The van der Waals surface area contributed by atoms with Crippen LogP contribution in [0.2, 0.25) is 0 Å². The average molecular weight is 271 g/mol. The molecular weight excluding hydrogens is 250 g/mol. The molecule has 1 rings (SSSR count). The van der Waals surface area contributed by atoms with Crippen LogP contribution in [0.25, 0.3) is 6.08 Å². The number of benzene rings is 1. The number of ketones is 2. The molecule has 1 aromatic carbocycles. The SMILES string of the molecule is C/C(=C/C(=O)CC(=O)/C=C/c1ccccc1)NC(C)C. The minimum atomic E-state index is -0.188. The Kier molecular flexibility index (Phi) is 6.44. The van der Waals surface area contributed by atoms with Crippen LogP contribution in [0.15, 0.2) is 48.2 Å². The van der Waals surface area contributed by atoms with E-state index in [1.165, 1.54) is 12.2 Å². The molecule has 0 saturated heterocycles. The van der Waals surface area contributed by atoms with Gasteiger partial charge in [-0.1, -0.05) is 36.4 Å². The molecule has 3 heteroatoms. The molecule has 0 heterocycles. The van der Waals surface area contributed by atoms with Crippen LogP contribution in [0, 0.1) is 0 Å². The van der Waals surface area contributed by atoms with Crippen LogP contribution in [0.1, 0.15) is 32.8 Å². The van der Waals surface area contributed by atoms with Crippen molar-refractivity contribution in [3.63, 3.8) is 0 Å². The Bertz CT molecular complexity index is 513. The fourth-order valence-electron chi connectivity index (χ4n) is 1.77. The van der Waals surface area contributed by atoms with Crippen molar-refractivity contribution < 1.29 is 9.59 Å². The molecule has 0 amide bonds. The Labute approximate surface area is 120 Å². The zero-order valence-corrected chi connectivity index (χ0v) is 12.2. The highest BCUT2D eigenvalue weighted by atomic mass is 16.1. The Hall–Kier alpha value is -2.16. The highest BCUT2D eigenvalue weighted by molar-refractivity contribution is 6.09. The standard InChI is InChI=1S/C17H21NO2/c1-13(2)18-14(3)11-17(20)12-16(19)10-9-15-7-5-4-6-8-15/h4-11,13,18H,12H2,1-3H3/b10-9+,14-11-. The van der Waals surface area contributed by atoms with Gasteiger partial charge in [0.25, 0.3) is 0 Å². The van der Waals surface area contributed by atoms with E-state index < -0.39 is 0 Å². The van der Waals surface area contributed by atoms with Crippen molar-refractivity contribution in [3.05, 3.63) is 53.7 Å². The van der Waals surface area contributed by atoms with Crippen molar-refractivity contribution >= 4 is 17.6 Å². The molecule has 0 bridgehead atoms. The molecule has 0 unspecified atom stereocenters. The Morgan fingerprint density at radius 3 is 2.40 bits per heavy atom. The van der Waals surface area contributed by atoms with E-state index in [0.29, 0.717) is 0 Å². The molecule has 0 spiro atoms. The first-order chi connectivity index (χ1) is 9.47. The van der Waals surface area contributed by atoms with E-state index in [9.17, 15) is 9.59 Å². The van der Waals surface area contributed by atoms with Crippen molar-refractivity contribution in [2.24, 2.45) is 0 Å². The van der Waals surface area contributed by atoms with Crippen LogP contribution < -0.4 is 5.32 Å². The van der Waals surface area contributed by atoms with Gasteiger partial charge >= 0.3 is 0 Å². The van der Waals surface area contributed by atoms with E-state index in [2.05, 4.69) is 5.32 Å². The maximum absolute atomic E-state index is 11.7. The topological polar surface area (TPSA) is 46.2 Å². The summed E-state index contributed by atoms with van der Waals surface area (Å²) in [5.41, 5.74) is 1.73. The van der Waals surface area contributed by atoms with Gasteiger partial charge in [0.15, 0.2) is 11.6 Å². The minimum Gasteiger partial charge on any atom is -0.386 e. The monoisotopic (exact) mass is 271 g/mol. The summed E-state index contributed by atoms with van der Waals surface area (Å²) in [7, 11) is 0. The van der Waals surface area contributed by atoms with Crippen LogP contribution in [-0.2, 0) is 9.59 Å². The van der Waals surface area contributed by atoms with Crippen molar-refractivity contribution in [1.82, 2.24) is 5.32 Å². The number of carbonyl (C=O) groups excluding carboxylic acids is 2. The first-order valence-electron chi connectivity index (χ1n) is 6.71. The molecule has 0 aliphatic rings. The van der Waals surface area contributed by atoms with Gasteiger partial charge in [0.05, 0.1) is 6.42 Å². The van der Waals surface area contributed by atoms with Crippen molar-refractivity contribution in [1.29, 1.82) is 0 Å². The Balaban J connectivity index is 2.50. The fraction of sp³-hybridized carbons (Fsp3) is 0.294. The molecule has 0 atom stereocenters. The summed E-state index contributed by atoms with van der Waals surface area (Å²) < 4.78 is 0. The summed E-state index contributed by atoms with van der Waals surface area (Å²) in [6, 6.07) is 9.80. The Morgan fingerprint density at radius 1 is 1.15 bits per heavy atom. The van der Waals surface area contributed by atoms with Crippen LogP contribution in [0.4, 0.5) is 0 Å². The van der Waals surface area contributed by atoms with E-state index in [0.717, 1.165) is 11.3 Å². The molecule has 0 aliphatic carbocycles. The average Bonchev–Trinajstić information content (AvgIpc) is 2.36. The molecule has 0 saturated carbocycles. The molecular formula is C17H21NO2. The van der Waals surface area contributed by atoms with Gasteiger partial charge in [-0.2, -0.15) is 0 Å². The lowest BCUT2D eigenvalue weighted by Crippen LogP contribution is -2.21. The normalized spacial score (nSPS) is 11.9. The number of allylic oxidation sites excluding steroid dienone is 3. The molecule has 20 heavy (non-hydrogen) atoms. The highest BCUT2D eigenvalue weighted by Crippen LogP contribution is 2.02. The zero-order chi connectivity index (χ0) is 15.0. The Morgan fingerprint density at radius 2 is 1.80 bits per heavy atom. The zero-order valence-electron chi connectivity index (χ0n) is 12.2. The number of hydrogen-bond acceptors (Lipinski definition) is 3. The molecule has 0 fully saturated rings. The largest absolute Gasteiger partial charge is 0.386 e. The molecule has 3 nitrogen and oxygen atoms in total. The number of hydrogen-bond donors (Lipinski definition) is 1. The third-order valence-electron chi connectivity index (χ3n) is 2.50. The smallest absolute Gasteiger partial charge is 0.165 e. The maximum Gasteiger partial charge on any atom is 0.165 e. The van der Waals surface area contributed by atoms with Crippen LogP contribution in [-0.4, -0.2) is 17.6 Å². The molecule has 0 aromatic heterocycles. The van der Waals surface area contributed by atoms with Gasteiger partial charge in [0.1, 0.15) is 0 Å². The van der Waals surface area contributed by atoms with E-state index in [4.69, 9.17) is 0 Å². The molecule has 0 aliphatic heterocycles. The molecule has 106 valence electrons. The van der Waals surface area contributed by atoms with Crippen molar-refractivity contribution in [3.8, 4) is 0 Å². The lowest BCUT2D eigenvalue weighted by Gasteiger charge is -2.09. The number of rotatable bonds is 7.